The zero-order valence-corrected chi connectivity index (χ0v) is 13.0. The molecule has 0 aliphatic rings. The molecule has 0 amide bonds. The van der Waals surface area contributed by atoms with E-state index in [0.29, 0.717) is 12.1 Å². The zero-order chi connectivity index (χ0) is 14.5. The molecule has 0 saturated heterocycles. The number of thiazole rings is 1. The van der Waals surface area contributed by atoms with E-state index in [1.54, 1.807) is 28.6 Å². The van der Waals surface area contributed by atoms with E-state index in [0.717, 1.165) is 22.0 Å². The van der Waals surface area contributed by atoms with Crippen LogP contribution in [0.15, 0.2) is 34.0 Å². The van der Waals surface area contributed by atoms with E-state index in [1.165, 1.54) is 0 Å². The van der Waals surface area contributed by atoms with E-state index in [-0.39, 0.29) is 0 Å². The molecule has 0 unspecified atom stereocenters. The second-order valence-corrected chi connectivity index (χ2v) is 6.25. The maximum Gasteiger partial charge on any atom is 0.338 e. The summed E-state index contributed by atoms with van der Waals surface area (Å²) in [4.78, 5) is 18.5. The number of aromatic nitrogens is 1. The van der Waals surface area contributed by atoms with Gasteiger partial charge in [-0.25, -0.2) is 9.78 Å². The van der Waals surface area contributed by atoms with E-state index in [9.17, 15) is 9.90 Å². The summed E-state index contributed by atoms with van der Waals surface area (Å²) in [7, 11) is 1.89. The van der Waals surface area contributed by atoms with E-state index < -0.39 is 5.97 Å². The van der Waals surface area contributed by atoms with E-state index in [1.807, 2.05) is 42.5 Å². The van der Waals surface area contributed by atoms with E-state index in [4.69, 9.17) is 0 Å². The van der Waals surface area contributed by atoms with Crippen LogP contribution in [-0.4, -0.2) is 28.9 Å². The van der Waals surface area contributed by atoms with Crippen LogP contribution in [0.25, 0.3) is 0 Å². The third kappa shape index (κ3) is 3.32. The molecule has 2 aromatic rings. The van der Waals surface area contributed by atoms with Crippen molar-refractivity contribution in [3.8, 4) is 0 Å². The van der Waals surface area contributed by atoms with Crippen molar-refractivity contribution in [3.63, 3.8) is 0 Å². The largest absolute Gasteiger partial charge is 0.478 e. The van der Waals surface area contributed by atoms with Crippen LogP contribution in [-0.2, 0) is 6.54 Å². The van der Waals surface area contributed by atoms with Crippen molar-refractivity contribution in [2.24, 2.45) is 0 Å². The van der Waals surface area contributed by atoms with Gasteiger partial charge in [-0.05, 0) is 17.9 Å². The summed E-state index contributed by atoms with van der Waals surface area (Å²) in [6, 6.07) is 5.60. The topological polar surface area (TPSA) is 53.4 Å². The second kappa shape index (κ2) is 6.76. The molecule has 0 atom stereocenters. The summed E-state index contributed by atoms with van der Waals surface area (Å²) < 4.78 is 0. The molecule has 1 heterocycles. The first kappa shape index (κ1) is 14.9. The van der Waals surface area contributed by atoms with Crippen LogP contribution in [0.4, 0.5) is 5.69 Å². The Hall–Kier alpha value is -1.53. The van der Waals surface area contributed by atoms with Crippen molar-refractivity contribution in [1.29, 1.82) is 0 Å². The van der Waals surface area contributed by atoms with Gasteiger partial charge in [-0.3, -0.25) is 0 Å². The summed E-state index contributed by atoms with van der Waals surface area (Å²) in [6.07, 6.45) is 0. The Balaban J connectivity index is 2.34. The second-order valence-electron chi connectivity index (χ2n) is 4.22. The van der Waals surface area contributed by atoms with Crippen molar-refractivity contribution in [2.45, 2.75) is 18.4 Å². The van der Waals surface area contributed by atoms with Gasteiger partial charge in [-0.1, -0.05) is 13.0 Å². The number of rotatable bonds is 6. The number of carboxylic acid groups (broad SMARTS) is 1. The summed E-state index contributed by atoms with van der Waals surface area (Å²) in [6.45, 7) is 2.62. The molecule has 0 aliphatic carbocycles. The lowest BCUT2D eigenvalue weighted by Gasteiger charge is -2.21. The molecule has 2 rings (SSSR count). The highest BCUT2D eigenvalue weighted by Crippen LogP contribution is 2.31. The van der Waals surface area contributed by atoms with Crippen molar-refractivity contribution < 1.29 is 9.90 Å². The van der Waals surface area contributed by atoms with Crippen LogP contribution in [0.1, 0.15) is 23.0 Å². The number of thioether (sulfide) groups is 1. The van der Waals surface area contributed by atoms with Gasteiger partial charge >= 0.3 is 5.97 Å². The third-order valence-corrected chi connectivity index (χ3v) is 4.39. The number of nitrogens with zero attached hydrogens (tertiary/aromatic N) is 2. The smallest absolute Gasteiger partial charge is 0.338 e. The minimum Gasteiger partial charge on any atom is -0.478 e. The first-order chi connectivity index (χ1) is 9.63. The average molecular weight is 308 g/mol. The molecule has 1 N–H and O–H groups in total. The normalized spacial score (nSPS) is 10.5. The SMILES string of the molecule is CCSc1cccc(N(C)Cc2cscn2)c1C(=O)O. The number of anilines is 1. The van der Waals surface area contributed by atoms with Crippen molar-refractivity contribution in [1.82, 2.24) is 4.98 Å². The monoisotopic (exact) mass is 308 g/mol. The van der Waals surface area contributed by atoms with Crippen LogP contribution in [0.5, 0.6) is 0 Å². The van der Waals surface area contributed by atoms with Gasteiger partial charge in [0.2, 0.25) is 0 Å². The number of carbonyl (C=O) groups is 1. The Morgan fingerprint density at radius 1 is 1.50 bits per heavy atom. The molecule has 4 nitrogen and oxygen atoms in total. The molecule has 0 spiro atoms. The van der Waals surface area contributed by atoms with Crippen molar-refractivity contribution >= 4 is 34.8 Å². The number of carboxylic acids is 1. The highest BCUT2D eigenvalue weighted by Gasteiger charge is 2.18. The summed E-state index contributed by atoms with van der Waals surface area (Å²) in [5.74, 6) is -0.0406. The van der Waals surface area contributed by atoms with Gasteiger partial charge in [0.1, 0.15) is 0 Å². The van der Waals surface area contributed by atoms with Gasteiger partial charge in [0.25, 0.3) is 0 Å². The van der Waals surface area contributed by atoms with Gasteiger partial charge in [-0.15, -0.1) is 23.1 Å². The minimum atomic E-state index is -0.887. The fourth-order valence-corrected chi connectivity index (χ4v) is 3.34. The van der Waals surface area contributed by atoms with Crippen molar-refractivity contribution in [2.75, 3.05) is 17.7 Å². The zero-order valence-electron chi connectivity index (χ0n) is 11.4. The fraction of sp³-hybridized carbons (Fsp3) is 0.286. The lowest BCUT2D eigenvalue weighted by atomic mass is 10.1. The van der Waals surface area contributed by atoms with Gasteiger partial charge in [0.15, 0.2) is 0 Å². The molecule has 0 radical (unpaired) electrons. The Labute approximate surface area is 126 Å². The number of benzene rings is 1. The maximum absolute atomic E-state index is 11.6. The first-order valence-corrected chi connectivity index (χ1v) is 8.13. The Kier molecular flexibility index (Phi) is 5.03. The van der Waals surface area contributed by atoms with Crippen LogP contribution in [0.2, 0.25) is 0 Å². The number of hydrogen-bond acceptors (Lipinski definition) is 5. The molecule has 1 aromatic heterocycles. The lowest BCUT2D eigenvalue weighted by molar-refractivity contribution is 0.0694. The highest BCUT2D eigenvalue weighted by atomic mass is 32.2. The summed E-state index contributed by atoms with van der Waals surface area (Å²) in [5.41, 5.74) is 3.83. The minimum absolute atomic E-state index is 0.372. The first-order valence-electron chi connectivity index (χ1n) is 6.20. The molecule has 0 saturated carbocycles. The van der Waals surface area contributed by atoms with E-state index >= 15 is 0 Å². The van der Waals surface area contributed by atoms with Crippen LogP contribution >= 0.6 is 23.1 Å². The van der Waals surface area contributed by atoms with Gasteiger partial charge in [0.05, 0.1) is 29.0 Å². The summed E-state index contributed by atoms with van der Waals surface area (Å²) >= 11 is 3.09. The molecule has 0 aliphatic heterocycles. The maximum atomic E-state index is 11.6. The molecular formula is C14H16N2O2S2. The predicted octanol–water partition coefficient (Wildman–Crippen LogP) is 3.59. The van der Waals surface area contributed by atoms with Gasteiger partial charge in [-0.2, -0.15) is 0 Å². The Morgan fingerprint density at radius 2 is 2.30 bits per heavy atom. The molecular weight excluding hydrogens is 292 g/mol. The fourth-order valence-electron chi connectivity index (χ4n) is 1.97. The van der Waals surface area contributed by atoms with Crippen LogP contribution < -0.4 is 4.90 Å². The molecule has 1 aromatic carbocycles. The quantitative estimate of drug-likeness (QED) is 0.827. The molecule has 6 heteroatoms. The van der Waals surface area contributed by atoms with Crippen LogP contribution in [0.3, 0.4) is 0 Å². The average Bonchev–Trinajstić information content (AvgIpc) is 2.91. The standard InChI is InChI=1S/C14H16N2O2S2/c1-3-20-12-6-4-5-11(13(12)14(17)18)16(2)7-10-8-19-9-15-10/h4-6,8-9H,3,7H2,1-2H3,(H,17,18). The predicted molar refractivity (Wildman–Crippen MR) is 84.0 cm³/mol. The van der Waals surface area contributed by atoms with Crippen molar-refractivity contribution in [3.05, 3.63) is 40.3 Å². The molecule has 0 fully saturated rings. The van der Waals surface area contributed by atoms with Gasteiger partial charge in [0, 0.05) is 17.3 Å². The lowest BCUT2D eigenvalue weighted by Crippen LogP contribution is -2.20. The van der Waals surface area contributed by atoms with E-state index in [2.05, 4.69) is 4.98 Å². The summed E-state index contributed by atoms with van der Waals surface area (Å²) in [5, 5.41) is 11.5. The number of aromatic carboxylic acids is 1. The molecule has 20 heavy (non-hydrogen) atoms. The Bertz CT molecular complexity index is 585. The Morgan fingerprint density at radius 3 is 2.90 bits per heavy atom. The number of hydrogen-bond donors (Lipinski definition) is 1. The molecule has 0 bridgehead atoms. The third-order valence-electron chi connectivity index (χ3n) is 2.81. The van der Waals surface area contributed by atoms with Gasteiger partial charge < -0.3 is 10.0 Å². The van der Waals surface area contributed by atoms with Crippen LogP contribution in [0, 0.1) is 0 Å². The highest BCUT2D eigenvalue weighted by molar-refractivity contribution is 7.99. The molecule has 106 valence electrons.